The second-order valence-corrected chi connectivity index (χ2v) is 7.06. The quantitative estimate of drug-likeness (QED) is 0.126. The van der Waals surface area contributed by atoms with Gasteiger partial charge in [-0.1, -0.05) is 36.4 Å². The molecule has 2 aromatic carbocycles. The molecule has 0 fully saturated rings. The third kappa shape index (κ3) is 22.2. The van der Waals surface area contributed by atoms with Crippen LogP contribution in [-0.2, 0) is 18.9 Å². The van der Waals surface area contributed by atoms with Gasteiger partial charge in [0.1, 0.15) is 0 Å². The van der Waals surface area contributed by atoms with E-state index in [1.165, 1.54) is 10.8 Å². The number of carboxylic acid groups (broad SMARTS) is 3. The number of nitrogens with two attached hydrogens (primary N) is 1. The van der Waals surface area contributed by atoms with E-state index in [4.69, 9.17) is 45.4 Å². The summed E-state index contributed by atoms with van der Waals surface area (Å²) in [6.45, 7) is 1.47. The summed E-state index contributed by atoms with van der Waals surface area (Å²) in [6.07, 6.45) is -2.29. The predicted molar refractivity (Wildman–Crippen MR) is 113 cm³/mol. The van der Waals surface area contributed by atoms with E-state index < -0.39 is 44.2 Å². The van der Waals surface area contributed by atoms with Gasteiger partial charge in [-0.05, 0) is 11.5 Å². The molecule has 0 heterocycles. The number of aliphatic carboxylic acids is 3. The Morgan fingerprint density at radius 3 is 1.69 bits per heavy atom. The minimum atomic E-state index is -5.39. The summed E-state index contributed by atoms with van der Waals surface area (Å²) in [5, 5.41) is 39.6. The van der Waals surface area contributed by atoms with Crippen LogP contribution in [0, 0.1) is 0 Å². The van der Waals surface area contributed by atoms with Gasteiger partial charge < -0.3 is 50.7 Å². The molecule has 18 heteroatoms. The maximum absolute atomic E-state index is 10.3. The van der Waals surface area contributed by atoms with Gasteiger partial charge in [0.2, 0.25) is 0 Å². The third-order valence-electron chi connectivity index (χ3n) is 3.53. The molecule has 0 radical (unpaired) electrons. The van der Waals surface area contributed by atoms with Gasteiger partial charge in [-0.25, -0.2) is 4.79 Å². The molecular formula is C18H23ClN2Na3O11P. The third-order valence-corrected chi connectivity index (χ3v) is 3.53. The fraction of sp³-hybridized carbons (Fsp3) is 0.278. The number of carboxylic acids is 3. The Bertz CT molecular complexity index is 953. The number of phosphoric acid groups is 1. The molecule has 0 atom stereocenters. The minimum Gasteiger partial charge on any atom is -0.822 e. The molecule has 2 aromatic rings. The normalized spacial score (nSPS) is 9.58. The van der Waals surface area contributed by atoms with Crippen molar-refractivity contribution in [3.63, 3.8) is 0 Å². The zero-order valence-corrected chi connectivity index (χ0v) is 27.7. The smallest absolute Gasteiger partial charge is 0.822 e. The average molecular weight is 579 g/mol. The number of hydrogen-bond donors (Lipinski definition) is 6. The van der Waals surface area contributed by atoms with E-state index in [0.29, 0.717) is 6.54 Å². The van der Waals surface area contributed by atoms with Crippen LogP contribution in [-0.4, -0.2) is 57.0 Å². The van der Waals surface area contributed by atoms with Crippen LogP contribution >= 0.6 is 20.2 Å². The maximum atomic E-state index is 10.3. The SMILES string of the molecule is Cl.NCCNc1cccc2ccccc12.O=C(O)CC(O)(CC(=O)O)C(=O)O.O=P([O-])([O-])[O-].[Na+].[Na+].[Na+]. The molecule has 0 saturated carbocycles. The number of halogens is 1. The van der Waals surface area contributed by atoms with Crippen molar-refractivity contribution in [2.75, 3.05) is 18.4 Å². The van der Waals surface area contributed by atoms with Gasteiger partial charge in [-0.2, -0.15) is 7.82 Å². The second kappa shape index (κ2) is 23.1. The predicted octanol–water partition coefficient (Wildman–Crippen LogP) is -10.4. The van der Waals surface area contributed by atoms with E-state index in [1.54, 1.807) is 0 Å². The van der Waals surface area contributed by atoms with Gasteiger partial charge >= 0.3 is 107 Å². The molecule has 0 aliphatic rings. The van der Waals surface area contributed by atoms with Crippen molar-refractivity contribution in [1.82, 2.24) is 0 Å². The molecule has 36 heavy (non-hydrogen) atoms. The molecule has 2 rings (SSSR count). The zero-order chi connectivity index (χ0) is 24.9. The van der Waals surface area contributed by atoms with Crippen LogP contribution in [0.1, 0.15) is 12.8 Å². The van der Waals surface area contributed by atoms with E-state index >= 15 is 0 Å². The van der Waals surface area contributed by atoms with Crippen molar-refractivity contribution in [2.45, 2.75) is 18.4 Å². The molecule has 7 N–H and O–H groups in total. The first-order valence-electron chi connectivity index (χ1n) is 8.73. The molecule has 0 amide bonds. The Balaban J connectivity index is -0.000000138. The number of fused-ring (bicyclic) bond motifs is 1. The maximum Gasteiger partial charge on any atom is 1.00 e. The summed E-state index contributed by atoms with van der Waals surface area (Å²) in [4.78, 5) is 56.1. The Labute approximate surface area is 279 Å². The molecule has 0 saturated heterocycles. The molecule has 0 unspecified atom stereocenters. The van der Waals surface area contributed by atoms with Crippen LogP contribution in [0.3, 0.4) is 0 Å². The van der Waals surface area contributed by atoms with Crippen LogP contribution in [0.15, 0.2) is 42.5 Å². The molecular weight excluding hydrogens is 556 g/mol. The van der Waals surface area contributed by atoms with Crippen LogP contribution in [0.4, 0.5) is 5.69 Å². The average Bonchev–Trinajstić information content (AvgIpc) is 2.64. The monoisotopic (exact) mass is 578 g/mol. The fourth-order valence-corrected chi connectivity index (χ4v) is 2.30. The van der Waals surface area contributed by atoms with E-state index in [0.717, 1.165) is 12.2 Å². The van der Waals surface area contributed by atoms with Crippen LogP contribution < -0.4 is 114 Å². The summed E-state index contributed by atoms with van der Waals surface area (Å²) in [5.74, 6) is -5.02. The number of benzene rings is 2. The molecule has 0 spiro atoms. The Hall–Kier alpha value is 0.230. The Morgan fingerprint density at radius 1 is 0.889 bits per heavy atom. The fourth-order valence-electron chi connectivity index (χ4n) is 2.30. The number of hydrogen-bond acceptors (Lipinski definition) is 10. The van der Waals surface area contributed by atoms with Gasteiger partial charge in [0, 0.05) is 24.2 Å². The van der Waals surface area contributed by atoms with Crippen LogP contribution in [0.5, 0.6) is 0 Å². The minimum absolute atomic E-state index is 0. The molecule has 0 bridgehead atoms. The Morgan fingerprint density at radius 2 is 1.31 bits per heavy atom. The van der Waals surface area contributed by atoms with E-state index in [1.807, 2.05) is 0 Å². The van der Waals surface area contributed by atoms with Gasteiger partial charge in [-0.15, -0.1) is 12.4 Å². The standard InChI is InChI=1S/C12H14N2.C6H8O7.ClH.3Na.H3O4P/c13-8-9-14-12-7-3-5-10-4-1-2-6-11(10)12;7-3(8)1-6(13,5(11)12)2-4(9)10;;;;;1-5(2,3)4/h1-7,14H,8-9,13H2;13H,1-2H2,(H,7,8)(H,9,10)(H,11,12);1H;;;;(H3,1,2,3,4)/q;;;3*+1;/p-3. The summed E-state index contributed by atoms with van der Waals surface area (Å²) < 4.78 is 8.55. The van der Waals surface area contributed by atoms with Gasteiger partial charge in [-0.3, -0.25) is 9.59 Å². The van der Waals surface area contributed by atoms with Crippen molar-refractivity contribution in [1.29, 1.82) is 0 Å². The van der Waals surface area contributed by atoms with E-state index in [2.05, 4.69) is 47.8 Å². The molecule has 0 aliphatic heterocycles. The van der Waals surface area contributed by atoms with Crippen molar-refractivity contribution in [2.24, 2.45) is 5.73 Å². The largest absolute Gasteiger partial charge is 1.00 e. The van der Waals surface area contributed by atoms with Crippen molar-refractivity contribution >= 4 is 54.6 Å². The molecule has 0 aromatic heterocycles. The van der Waals surface area contributed by atoms with Crippen molar-refractivity contribution in [3.05, 3.63) is 42.5 Å². The molecule has 13 nitrogen and oxygen atoms in total. The second-order valence-electron chi connectivity index (χ2n) is 6.17. The first kappa shape index (κ1) is 46.1. The van der Waals surface area contributed by atoms with E-state index in [9.17, 15) is 14.4 Å². The van der Waals surface area contributed by atoms with Gasteiger partial charge in [0.15, 0.2) is 5.60 Å². The zero-order valence-electron chi connectivity index (χ0n) is 19.9. The van der Waals surface area contributed by atoms with Crippen molar-refractivity contribution < 1.29 is 143 Å². The Kier molecular flexibility index (Phi) is 29.6. The topological polar surface area (TPSA) is 256 Å². The number of rotatable bonds is 8. The number of nitrogens with one attached hydrogen (secondary N) is 1. The molecule has 186 valence electrons. The first-order valence-corrected chi connectivity index (χ1v) is 10.2. The molecule has 0 aliphatic carbocycles. The summed E-state index contributed by atoms with van der Waals surface area (Å²) in [6, 6.07) is 14.6. The first-order chi connectivity index (χ1) is 14.7. The van der Waals surface area contributed by atoms with Crippen LogP contribution in [0.25, 0.3) is 10.8 Å². The summed E-state index contributed by atoms with van der Waals surface area (Å²) in [5.41, 5.74) is 3.88. The van der Waals surface area contributed by atoms with Gasteiger partial charge in [0.05, 0.1) is 12.8 Å². The number of anilines is 1. The van der Waals surface area contributed by atoms with E-state index in [-0.39, 0.29) is 101 Å². The number of aliphatic hydroxyl groups is 1. The van der Waals surface area contributed by atoms with Gasteiger partial charge in [0.25, 0.3) is 0 Å². The number of carbonyl (C=O) groups is 3. The summed E-state index contributed by atoms with van der Waals surface area (Å²) >= 11 is 0. The van der Waals surface area contributed by atoms with Crippen LogP contribution in [0.2, 0.25) is 0 Å². The van der Waals surface area contributed by atoms with Crippen molar-refractivity contribution in [3.8, 4) is 0 Å². The summed E-state index contributed by atoms with van der Waals surface area (Å²) in [7, 11) is -5.39.